The highest BCUT2D eigenvalue weighted by Gasteiger charge is 2.36. The van der Waals surface area contributed by atoms with Gasteiger partial charge < -0.3 is 10.4 Å². The van der Waals surface area contributed by atoms with Crippen LogP contribution < -0.4 is 10.6 Å². The van der Waals surface area contributed by atoms with Crippen LogP contribution in [-0.2, 0) is 9.59 Å². The molecule has 5 heteroatoms. The first-order valence-electron chi connectivity index (χ1n) is 4.25. The molecule has 0 rings (SSSR count). The summed E-state index contributed by atoms with van der Waals surface area (Å²) < 4.78 is 0. The second kappa shape index (κ2) is 4.81. The number of hydrogen-bond donors (Lipinski definition) is 3. The second-order valence-electron chi connectivity index (χ2n) is 2.78. The summed E-state index contributed by atoms with van der Waals surface area (Å²) in [5.41, 5.74) is -1.32. The number of nitrogens with one attached hydrogen (secondary N) is 2. The van der Waals surface area contributed by atoms with Gasteiger partial charge in [0, 0.05) is 6.92 Å². The number of amides is 1. The van der Waals surface area contributed by atoms with Crippen molar-refractivity contribution in [3.8, 4) is 0 Å². The van der Waals surface area contributed by atoms with Crippen LogP contribution in [0.1, 0.15) is 27.2 Å². The molecule has 5 nitrogen and oxygen atoms in total. The fourth-order valence-electron chi connectivity index (χ4n) is 1.14. The lowest BCUT2D eigenvalue weighted by atomic mass is 10.1. The molecule has 0 saturated heterocycles. The van der Waals surface area contributed by atoms with E-state index in [2.05, 4.69) is 10.6 Å². The molecule has 0 saturated carbocycles. The van der Waals surface area contributed by atoms with Crippen LogP contribution in [0, 0.1) is 0 Å². The summed E-state index contributed by atoms with van der Waals surface area (Å²) in [4.78, 5) is 21.7. The maximum Gasteiger partial charge on any atom is 0.344 e. The molecule has 13 heavy (non-hydrogen) atoms. The number of aliphatic carboxylic acids is 1. The average molecular weight is 188 g/mol. The highest BCUT2D eigenvalue weighted by Crippen LogP contribution is 2.05. The van der Waals surface area contributed by atoms with Gasteiger partial charge in [0.25, 0.3) is 0 Å². The van der Waals surface area contributed by atoms with Crippen LogP contribution in [0.4, 0.5) is 0 Å². The van der Waals surface area contributed by atoms with E-state index in [1.165, 1.54) is 6.92 Å². The third-order valence-corrected chi connectivity index (χ3v) is 1.76. The van der Waals surface area contributed by atoms with E-state index in [0.717, 1.165) is 0 Å². The van der Waals surface area contributed by atoms with Crippen molar-refractivity contribution in [2.75, 3.05) is 6.54 Å². The Morgan fingerprint density at radius 2 is 1.92 bits per heavy atom. The monoisotopic (exact) mass is 188 g/mol. The molecule has 0 radical (unpaired) electrons. The number of likely N-dealkylation sites (N-methyl/N-ethyl adjacent to an activating group) is 1. The molecule has 1 unspecified atom stereocenters. The van der Waals surface area contributed by atoms with Crippen molar-refractivity contribution in [2.24, 2.45) is 0 Å². The number of carboxylic acid groups (broad SMARTS) is 1. The van der Waals surface area contributed by atoms with Gasteiger partial charge >= 0.3 is 5.97 Å². The highest BCUT2D eigenvalue weighted by molar-refractivity contribution is 5.85. The molecule has 0 aromatic carbocycles. The van der Waals surface area contributed by atoms with Crippen molar-refractivity contribution < 1.29 is 14.7 Å². The molecular weight excluding hydrogens is 172 g/mol. The topological polar surface area (TPSA) is 78.4 Å². The SMILES string of the molecule is CCNC(CC)(NC(C)=O)C(=O)O. The van der Waals surface area contributed by atoms with Gasteiger partial charge in [0.05, 0.1) is 0 Å². The Balaban J connectivity index is 4.64. The first-order valence-corrected chi connectivity index (χ1v) is 4.25. The minimum absolute atomic E-state index is 0.301. The largest absolute Gasteiger partial charge is 0.478 e. The maximum atomic E-state index is 10.9. The predicted octanol–water partition coefficient (Wildman–Crippen LogP) is -0.0771. The smallest absolute Gasteiger partial charge is 0.344 e. The lowest BCUT2D eigenvalue weighted by Gasteiger charge is -2.29. The molecular formula is C8H16N2O3. The van der Waals surface area contributed by atoms with Crippen LogP contribution in [-0.4, -0.2) is 29.2 Å². The van der Waals surface area contributed by atoms with E-state index >= 15 is 0 Å². The van der Waals surface area contributed by atoms with Gasteiger partial charge in [-0.25, -0.2) is 4.79 Å². The van der Waals surface area contributed by atoms with Crippen LogP contribution in [0.15, 0.2) is 0 Å². The van der Waals surface area contributed by atoms with Crippen molar-refractivity contribution >= 4 is 11.9 Å². The molecule has 0 aromatic heterocycles. The number of carbonyl (C=O) groups is 2. The molecule has 0 spiro atoms. The Labute approximate surface area is 77.5 Å². The van der Waals surface area contributed by atoms with Gasteiger partial charge in [-0.3, -0.25) is 10.1 Å². The summed E-state index contributed by atoms with van der Waals surface area (Å²) in [6.45, 7) is 5.27. The fraction of sp³-hybridized carbons (Fsp3) is 0.750. The zero-order valence-electron chi connectivity index (χ0n) is 8.18. The van der Waals surface area contributed by atoms with Gasteiger partial charge in [-0.15, -0.1) is 0 Å². The molecule has 0 bridgehead atoms. The van der Waals surface area contributed by atoms with Crippen LogP contribution in [0.5, 0.6) is 0 Å². The quantitative estimate of drug-likeness (QED) is 0.527. The molecule has 76 valence electrons. The molecule has 0 heterocycles. The zero-order chi connectivity index (χ0) is 10.5. The van der Waals surface area contributed by atoms with E-state index in [1.807, 2.05) is 0 Å². The lowest BCUT2D eigenvalue weighted by Crippen LogP contribution is -2.63. The van der Waals surface area contributed by atoms with E-state index < -0.39 is 11.6 Å². The molecule has 1 atom stereocenters. The standard InChI is InChI=1S/C8H16N2O3/c1-4-8(7(12)13,9-5-2)10-6(3)11/h9H,4-5H2,1-3H3,(H,10,11)(H,12,13). The summed E-state index contributed by atoms with van der Waals surface area (Å²) >= 11 is 0. The van der Waals surface area contributed by atoms with E-state index in [-0.39, 0.29) is 5.91 Å². The van der Waals surface area contributed by atoms with E-state index in [4.69, 9.17) is 5.11 Å². The van der Waals surface area contributed by atoms with Crippen molar-refractivity contribution in [2.45, 2.75) is 32.9 Å². The average Bonchev–Trinajstić information content (AvgIpc) is 2.02. The van der Waals surface area contributed by atoms with Crippen molar-refractivity contribution in [3.05, 3.63) is 0 Å². The van der Waals surface area contributed by atoms with Crippen molar-refractivity contribution in [1.29, 1.82) is 0 Å². The number of carbonyl (C=O) groups excluding carboxylic acids is 1. The fourth-order valence-corrected chi connectivity index (χ4v) is 1.14. The minimum Gasteiger partial charge on any atom is -0.478 e. The third-order valence-electron chi connectivity index (χ3n) is 1.76. The molecule has 0 aliphatic carbocycles. The van der Waals surface area contributed by atoms with Crippen LogP contribution in [0.25, 0.3) is 0 Å². The summed E-state index contributed by atoms with van der Waals surface area (Å²) in [5.74, 6) is -1.42. The van der Waals surface area contributed by atoms with Gasteiger partial charge in [0.2, 0.25) is 5.91 Å². The number of hydrogen-bond acceptors (Lipinski definition) is 3. The maximum absolute atomic E-state index is 10.9. The molecule has 1 amide bonds. The van der Waals surface area contributed by atoms with Gasteiger partial charge in [-0.2, -0.15) is 0 Å². The Bertz CT molecular complexity index is 206. The van der Waals surface area contributed by atoms with Crippen LogP contribution in [0.2, 0.25) is 0 Å². The Hall–Kier alpha value is -1.10. The first kappa shape index (κ1) is 11.9. The normalized spacial score (nSPS) is 14.7. The van der Waals surface area contributed by atoms with E-state index in [0.29, 0.717) is 13.0 Å². The lowest BCUT2D eigenvalue weighted by molar-refractivity contribution is -0.149. The zero-order valence-corrected chi connectivity index (χ0v) is 8.18. The molecule has 0 aromatic rings. The molecule has 0 aliphatic rings. The summed E-state index contributed by atoms with van der Waals surface area (Å²) in [7, 11) is 0. The summed E-state index contributed by atoms with van der Waals surface area (Å²) in [6.07, 6.45) is 0.301. The van der Waals surface area contributed by atoms with Crippen molar-refractivity contribution in [1.82, 2.24) is 10.6 Å². The Morgan fingerprint density at radius 3 is 2.15 bits per heavy atom. The van der Waals surface area contributed by atoms with E-state index in [9.17, 15) is 9.59 Å². The van der Waals surface area contributed by atoms with Gasteiger partial charge in [-0.1, -0.05) is 13.8 Å². The predicted molar refractivity (Wildman–Crippen MR) is 48.2 cm³/mol. The van der Waals surface area contributed by atoms with E-state index in [1.54, 1.807) is 13.8 Å². The molecule has 3 N–H and O–H groups in total. The number of rotatable bonds is 5. The van der Waals surface area contributed by atoms with Gasteiger partial charge in [-0.05, 0) is 13.0 Å². The third kappa shape index (κ3) is 3.02. The Kier molecular flexibility index (Phi) is 4.40. The van der Waals surface area contributed by atoms with Gasteiger partial charge in [0.15, 0.2) is 5.66 Å². The first-order chi connectivity index (χ1) is 5.98. The number of carboxylic acids is 1. The second-order valence-corrected chi connectivity index (χ2v) is 2.78. The van der Waals surface area contributed by atoms with Crippen molar-refractivity contribution in [3.63, 3.8) is 0 Å². The molecule has 0 aliphatic heterocycles. The summed E-state index contributed by atoms with van der Waals surface area (Å²) in [6, 6.07) is 0. The molecule has 0 fully saturated rings. The minimum atomic E-state index is -1.32. The highest BCUT2D eigenvalue weighted by atomic mass is 16.4. The van der Waals surface area contributed by atoms with Crippen LogP contribution >= 0.6 is 0 Å². The summed E-state index contributed by atoms with van der Waals surface area (Å²) in [5, 5.41) is 14.1. The van der Waals surface area contributed by atoms with Crippen LogP contribution in [0.3, 0.4) is 0 Å². The van der Waals surface area contributed by atoms with Gasteiger partial charge in [0.1, 0.15) is 0 Å². The Morgan fingerprint density at radius 1 is 1.38 bits per heavy atom.